The maximum atomic E-state index is 13.7. The average Bonchev–Trinajstić information content (AvgIpc) is 3.41. The van der Waals surface area contributed by atoms with Crippen LogP contribution < -0.4 is 10.1 Å². The number of unbranched alkanes of at least 4 members (excludes halogenated alkanes) is 1. The minimum atomic E-state index is -0.618. The fraction of sp³-hybridized carbons (Fsp3) is 0.414. The van der Waals surface area contributed by atoms with Crippen LogP contribution in [0.4, 0.5) is 0 Å². The third-order valence-electron chi connectivity index (χ3n) is 7.10. The number of rotatable bonds is 12. The zero-order valence-corrected chi connectivity index (χ0v) is 21.2. The Morgan fingerprint density at radius 1 is 1.14 bits per heavy atom. The zero-order valence-electron chi connectivity index (χ0n) is 21.2. The first kappa shape index (κ1) is 25.5. The van der Waals surface area contributed by atoms with Crippen molar-refractivity contribution in [2.75, 3.05) is 20.2 Å². The van der Waals surface area contributed by atoms with Crippen LogP contribution in [0.1, 0.15) is 49.4 Å². The Hall–Kier alpha value is -3.61. The molecule has 1 aliphatic heterocycles. The maximum absolute atomic E-state index is 13.7. The van der Waals surface area contributed by atoms with E-state index in [0.717, 1.165) is 36.3 Å². The minimum Gasteiger partial charge on any atom is -0.497 e. The molecule has 1 fully saturated rings. The molecule has 7 heteroatoms. The molecule has 3 aromatic rings. The predicted octanol–water partition coefficient (Wildman–Crippen LogP) is 4.05. The molecule has 0 aliphatic carbocycles. The molecular formula is C29H36N4O3. The number of hydrogen-bond acceptors (Lipinski definition) is 4. The largest absolute Gasteiger partial charge is 0.497 e. The number of H-pyrrole nitrogens is 1. The molecular weight excluding hydrogens is 452 g/mol. The van der Waals surface area contributed by atoms with E-state index in [4.69, 9.17) is 4.74 Å². The van der Waals surface area contributed by atoms with Crippen LogP contribution in [0.25, 0.3) is 0 Å². The fourth-order valence-electron chi connectivity index (χ4n) is 4.99. The highest BCUT2D eigenvalue weighted by molar-refractivity contribution is 5.88. The number of nitrogens with zero attached hydrogens (tertiary/aromatic N) is 2. The summed E-state index contributed by atoms with van der Waals surface area (Å²) in [7, 11) is 1.63. The van der Waals surface area contributed by atoms with E-state index in [1.54, 1.807) is 19.6 Å². The van der Waals surface area contributed by atoms with Gasteiger partial charge in [0.25, 0.3) is 0 Å². The maximum Gasteiger partial charge on any atom is 0.245 e. The Morgan fingerprint density at radius 3 is 2.53 bits per heavy atom. The molecule has 4 rings (SSSR count). The number of methoxy groups -OCH3 is 1. The van der Waals surface area contributed by atoms with Crippen molar-refractivity contribution in [1.82, 2.24) is 20.2 Å². The highest BCUT2D eigenvalue weighted by Gasteiger charge is 2.47. The van der Waals surface area contributed by atoms with E-state index in [2.05, 4.69) is 46.5 Å². The molecule has 0 radical (unpaired) electrons. The lowest BCUT2D eigenvalue weighted by molar-refractivity contribution is -0.143. The molecule has 2 amide bonds. The van der Waals surface area contributed by atoms with Gasteiger partial charge in [0.2, 0.25) is 11.8 Å². The number of aryl methyl sites for hydroxylation is 1. The van der Waals surface area contributed by atoms with Gasteiger partial charge in [-0.2, -0.15) is 0 Å². The van der Waals surface area contributed by atoms with Crippen molar-refractivity contribution in [3.8, 4) is 5.75 Å². The summed E-state index contributed by atoms with van der Waals surface area (Å²) in [5.74, 6) is 0.595. The van der Waals surface area contributed by atoms with Crippen molar-refractivity contribution in [3.05, 3.63) is 83.9 Å². The SMILES string of the molecule is CCCCC1(c2ccccc2)CN(C(=O)[C@@H](Cc2ccc(OC)cc2)NC(=O)CCc2cnc[nH]2)C1. The molecule has 36 heavy (non-hydrogen) atoms. The summed E-state index contributed by atoms with van der Waals surface area (Å²) in [4.78, 5) is 35.4. The van der Waals surface area contributed by atoms with Gasteiger partial charge < -0.3 is 19.9 Å². The molecule has 1 aliphatic rings. The Balaban J connectivity index is 1.46. The molecule has 0 saturated carbocycles. The van der Waals surface area contributed by atoms with Gasteiger partial charge in [0.15, 0.2) is 0 Å². The van der Waals surface area contributed by atoms with Crippen LogP contribution in [0.5, 0.6) is 5.75 Å². The molecule has 1 atom stereocenters. The monoisotopic (exact) mass is 488 g/mol. The topological polar surface area (TPSA) is 87.3 Å². The van der Waals surface area contributed by atoms with Gasteiger partial charge in [-0.25, -0.2) is 4.98 Å². The van der Waals surface area contributed by atoms with E-state index in [-0.39, 0.29) is 17.2 Å². The molecule has 0 spiro atoms. The molecule has 2 N–H and O–H groups in total. The van der Waals surface area contributed by atoms with Gasteiger partial charge in [-0.15, -0.1) is 0 Å². The van der Waals surface area contributed by atoms with Gasteiger partial charge >= 0.3 is 0 Å². The Labute approximate surface area is 213 Å². The fourth-order valence-corrected chi connectivity index (χ4v) is 4.99. The summed E-state index contributed by atoms with van der Waals surface area (Å²) in [5, 5.41) is 3.02. The summed E-state index contributed by atoms with van der Waals surface area (Å²) in [6.45, 7) is 3.56. The highest BCUT2D eigenvalue weighted by Crippen LogP contribution is 2.39. The molecule has 190 valence electrons. The highest BCUT2D eigenvalue weighted by atomic mass is 16.5. The molecule has 2 aromatic carbocycles. The van der Waals surface area contributed by atoms with E-state index in [9.17, 15) is 9.59 Å². The number of carbonyl (C=O) groups is 2. The second-order valence-corrected chi connectivity index (χ2v) is 9.69. The summed E-state index contributed by atoms with van der Waals surface area (Å²) >= 11 is 0. The van der Waals surface area contributed by atoms with Gasteiger partial charge in [-0.1, -0.05) is 62.2 Å². The standard InChI is InChI=1S/C29H36N4O3/c1-3-4-16-29(23-8-6-5-7-9-23)19-33(20-29)28(35)26(17-22-10-13-25(36-2)14-11-22)32-27(34)15-12-24-18-30-21-31-24/h5-11,13-14,18,21,26H,3-4,12,15-17,19-20H2,1-2H3,(H,30,31)(H,32,34)/t26-/m1/s1. The average molecular weight is 489 g/mol. The van der Waals surface area contributed by atoms with Crippen LogP contribution in [0.15, 0.2) is 67.1 Å². The van der Waals surface area contributed by atoms with Crippen LogP contribution >= 0.6 is 0 Å². The number of nitrogens with one attached hydrogen (secondary N) is 2. The molecule has 1 aromatic heterocycles. The summed E-state index contributed by atoms with van der Waals surface area (Å²) in [6, 6.07) is 17.5. The first-order valence-electron chi connectivity index (χ1n) is 12.8. The number of likely N-dealkylation sites (tertiary alicyclic amines) is 1. The van der Waals surface area contributed by atoms with Crippen molar-refractivity contribution in [3.63, 3.8) is 0 Å². The molecule has 2 heterocycles. The lowest BCUT2D eigenvalue weighted by atomic mass is 9.70. The molecule has 1 saturated heterocycles. The third kappa shape index (κ3) is 6.14. The van der Waals surface area contributed by atoms with E-state index in [1.165, 1.54) is 5.56 Å². The number of benzene rings is 2. The van der Waals surface area contributed by atoms with Crippen LogP contribution in [-0.4, -0.2) is 52.9 Å². The number of ether oxygens (including phenoxy) is 1. The summed E-state index contributed by atoms with van der Waals surface area (Å²) < 4.78 is 5.26. The van der Waals surface area contributed by atoms with Gasteiger partial charge in [0.1, 0.15) is 11.8 Å². The number of amides is 2. The molecule has 0 unspecified atom stereocenters. The van der Waals surface area contributed by atoms with Gasteiger partial charge in [-0.05, 0) is 36.1 Å². The normalized spacial score (nSPS) is 15.1. The summed E-state index contributed by atoms with van der Waals surface area (Å²) in [5.41, 5.74) is 3.15. The van der Waals surface area contributed by atoms with Gasteiger partial charge in [0.05, 0.1) is 13.4 Å². The first-order valence-corrected chi connectivity index (χ1v) is 12.8. The number of aromatic amines is 1. The van der Waals surface area contributed by atoms with Crippen LogP contribution in [-0.2, 0) is 27.8 Å². The zero-order chi connectivity index (χ0) is 25.4. The lowest BCUT2D eigenvalue weighted by Gasteiger charge is -2.52. The second-order valence-electron chi connectivity index (χ2n) is 9.69. The van der Waals surface area contributed by atoms with Crippen molar-refractivity contribution in [1.29, 1.82) is 0 Å². The van der Waals surface area contributed by atoms with Crippen LogP contribution in [0, 0.1) is 0 Å². The van der Waals surface area contributed by atoms with Gasteiger partial charge in [0, 0.05) is 43.2 Å². The van der Waals surface area contributed by atoms with E-state index < -0.39 is 6.04 Å². The Bertz CT molecular complexity index is 1110. The number of hydrogen-bond donors (Lipinski definition) is 2. The van der Waals surface area contributed by atoms with Gasteiger partial charge in [-0.3, -0.25) is 9.59 Å². The Kier molecular flexibility index (Phi) is 8.41. The van der Waals surface area contributed by atoms with Crippen LogP contribution in [0.2, 0.25) is 0 Å². The second kappa shape index (κ2) is 11.9. The van der Waals surface area contributed by atoms with E-state index in [0.29, 0.717) is 32.4 Å². The van der Waals surface area contributed by atoms with Crippen molar-refractivity contribution in [2.24, 2.45) is 0 Å². The van der Waals surface area contributed by atoms with Crippen LogP contribution in [0.3, 0.4) is 0 Å². The molecule has 7 nitrogen and oxygen atoms in total. The lowest BCUT2D eigenvalue weighted by Crippen LogP contribution is -2.64. The van der Waals surface area contributed by atoms with Crippen molar-refractivity contribution < 1.29 is 14.3 Å². The third-order valence-corrected chi connectivity index (χ3v) is 7.10. The van der Waals surface area contributed by atoms with Crippen molar-refractivity contribution in [2.45, 2.75) is 56.9 Å². The summed E-state index contributed by atoms with van der Waals surface area (Å²) in [6.07, 6.45) is 7.88. The first-order chi connectivity index (χ1) is 17.5. The minimum absolute atomic E-state index is 0.0117. The number of carbonyl (C=O) groups excluding carboxylic acids is 2. The van der Waals surface area contributed by atoms with E-state index >= 15 is 0 Å². The number of aromatic nitrogens is 2. The van der Waals surface area contributed by atoms with E-state index in [1.807, 2.05) is 35.2 Å². The smallest absolute Gasteiger partial charge is 0.245 e. The molecule has 0 bridgehead atoms. The van der Waals surface area contributed by atoms with Crippen molar-refractivity contribution >= 4 is 11.8 Å². The predicted molar refractivity (Wildman–Crippen MR) is 140 cm³/mol. The number of imidazole rings is 1. The Morgan fingerprint density at radius 2 is 1.89 bits per heavy atom. The quantitative estimate of drug-likeness (QED) is 0.403.